The van der Waals surface area contributed by atoms with Gasteiger partial charge in [-0.2, -0.15) is 0 Å². The van der Waals surface area contributed by atoms with Crippen LogP contribution in [-0.4, -0.2) is 44.6 Å². The van der Waals surface area contributed by atoms with Crippen molar-refractivity contribution in [2.24, 2.45) is 4.99 Å². The fourth-order valence-electron chi connectivity index (χ4n) is 1.72. The summed E-state index contributed by atoms with van der Waals surface area (Å²) >= 11 is 1.47. The van der Waals surface area contributed by atoms with Crippen molar-refractivity contribution in [2.75, 3.05) is 32.6 Å². The van der Waals surface area contributed by atoms with E-state index in [-0.39, 0.29) is 11.9 Å². The number of hydrogen-bond donors (Lipinski definition) is 2. The number of nitrogens with one attached hydrogen (secondary N) is 2. The molecule has 21 heavy (non-hydrogen) atoms. The third-order valence-corrected chi connectivity index (χ3v) is 3.63. The van der Waals surface area contributed by atoms with E-state index in [9.17, 15) is 4.39 Å². The second-order valence-corrected chi connectivity index (χ2v) is 5.68. The van der Waals surface area contributed by atoms with E-state index in [4.69, 9.17) is 4.74 Å². The number of aliphatic imine (C=N–C) groups is 1. The average Bonchev–Trinajstić information content (AvgIpc) is 2.45. The van der Waals surface area contributed by atoms with Crippen LogP contribution in [0.2, 0.25) is 0 Å². The second kappa shape index (κ2) is 10.5. The molecule has 1 unspecified atom stereocenters. The molecule has 0 bridgehead atoms. The highest BCUT2D eigenvalue weighted by Gasteiger charge is 2.04. The summed E-state index contributed by atoms with van der Waals surface area (Å²) in [5.74, 6) is 1.32. The van der Waals surface area contributed by atoms with Gasteiger partial charge in [0.05, 0.1) is 13.2 Å². The summed E-state index contributed by atoms with van der Waals surface area (Å²) in [5, 5.41) is 6.44. The van der Waals surface area contributed by atoms with Crippen LogP contribution in [0.25, 0.3) is 0 Å². The maximum Gasteiger partial charge on any atom is 0.191 e. The molecule has 0 spiro atoms. The number of methoxy groups -OCH3 is 1. The van der Waals surface area contributed by atoms with E-state index in [0.29, 0.717) is 18.0 Å². The van der Waals surface area contributed by atoms with E-state index in [1.165, 1.54) is 17.8 Å². The zero-order chi connectivity index (χ0) is 15.5. The molecule has 0 fully saturated rings. The van der Waals surface area contributed by atoms with Gasteiger partial charge in [-0.3, -0.25) is 4.99 Å². The Balaban J connectivity index is 2.41. The molecule has 0 radical (unpaired) electrons. The molecule has 0 amide bonds. The molecule has 1 aromatic rings. The lowest BCUT2D eigenvalue weighted by molar-refractivity contribution is 0.179. The summed E-state index contributed by atoms with van der Waals surface area (Å²) in [6.07, 6.45) is 0. The van der Waals surface area contributed by atoms with Crippen LogP contribution < -0.4 is 10.6 Å². The number of hydrogen-bond acceptors (Lipinski definition) is 3. The summed E-state index contributed by atoms with van der Waals surface area (Å²) in [4.78, 5) is 5.14. The number of benzene rings is 1. The monoisotopic (exact) mass is 313 g/mol. The highest BCUT2D eigenvalue weighted by molar-refractivity contribution is 7.99. The number of guanidine groups is 1. The number of rotatable bonds is 8. The minimum Gasteiger partial charge on any atom is -0.383 e. The normalized spacial score (nSPS) is 13.0. The minimum atomic E-state index is -0.176. The number of nitrogens with zero attached hydrogens (tertiary/aromatic N) is 1. The van der Waals surface area contributed by atoms with Crippen LogP contribution in [0.1, 0.15) is 13.8 Å². The molecule has 118 valence electrons. The third-order valence-electron chi connectivity index (χ3n) is 2.60. The molecular weight excluding hydrogens is 289 g/mol. The lowest BCUT2D eigenvalue weighted by Crippen LogP contribution is -2.44. The Kier molecular flexibility index (Phi) is 8.85. The molecule has 0 saturated heterocycles. The zero-order valence-electron chi connectivity index (χ0n) is 12.9. The van der Waals surface area contributed by atoms with E-state index in [0.717, 1.165) is 18.3 Å². The first kappa shape index (κ1) is 17.8. The molecule has 0 saturated carbocycles. The first-order chi connectivity index (χ1) is 10.2. The number of ether oxygens (including phenoxy) is 1. The smallest absolute Gasteiger partial charge is 0.191 e. The zero-order valence-corrected chi connectivity index (χ0v) is 13.7. The van der Waals surface area contributed by atoms with Crippen LogP contribution in [0.3, 0.4) is 0 Å². The molecule has 6 heteroatoms. The lowest BCUT2D eigenvalue weighted by atomic mass is 10.3. The first-order valence-corrected chi connectivity index (χ1v) is 8.07. The fraction of sp³-hybridized carbons (Fsp3) is 0.533. The van der Waals surface area contributed by atoms with Crippen molar-refractivity contribution >= 4 is 17.7 Å². The molecular formula is C15H24FN3OS. The Morgan fingerprint density at radius 3 is 2.86 bits per heavy atom. The Morgan fingerprint density at radius 1 is 1.43 bits per heavy atom. The van der Waals surface area contributed by atoms with Gasteiger partial charge in [0.25, 0.3) is 0 Å². The topological polar surface area (TPSA) is 45.7 Å². The Bertz CT molecular complexity index is 443. The molecule has 0 heterocycles. The molecule has 1 aromatic carbocycles. The summed E-state index contributed by atoms with van der Waals surface area (Å²) < 4.78 is 18.5. The lowest BCUT2D eigenvalue weighted by Gasteiger charge is -2.16. The van der Waals surface area contributed by atoms with E-state index in [2.05, 4.69) is 15.6 Å². The molecule has 0 aromatic heterocycles. The second-order valence-electron chi connectivity index (χ2n) is 4.54. The Morgan fingerprint density at radius 2 is 2.19 bits per heavy atom. The Labute approximate surface area is 130 Å². The van der Waals surface area contributed by atoms with E-state index >= 15 is 0 Å². The summed E-state index contributed by atoms with van der Waals surface area (Å²) in [6.45, 7) is 6.09. The van der Waals surface area contributed by atoms with E-state index in [1.54, 1.807) is 19.2 Å². The van der Waals surface area contributed by atoms with Gasteiger partial charge in [0.15, 0.2) is 5.96 Å². The number of halogens is 1. The van der Waals surface area contributed by atoms with Crippen LogP contribution in [0.15, 0.2) is 34.2 Å². The van der Waals surface area contributed by atoms with Gasteiger partial charge in [-0.15, -0.1) is 11.8 Å². The molecule has 0 aliphatic rings. The first-order valence-electron chi connectivity index (χ1n) is 7.08. The van der Waals surface area contributed by atoms with Crippen molar-refractivity contribution < 1.29 is 9.13 Å². The Hall–Kier alpha value is -1.27. The summed E-state index contributed by atoms with van der Waals surface area (Å²) in [5.41, 5.74) is 0. The van der Waals surface area contributed by atoms with Gasteiger partial charge in [0.1, 0.15) is 5.82 Å². The SMILES string of the molecule is CCNC(=NCCSc1ccccc1F)NC(C)COC. The molecule has 0 aliphatic carbocycles. The molecule has 4 nitrogen and oxygen atoms in total. The fourth-order valence-corrected chi connectivity index (χ4v) is 2.50. The molecule has 0 aliphatic heterocycles. The molecule has 1 rings (SSSR count). The summed E-state index contributed by atoms with van der Waals surface area (Å²) in [7, 11) is 1.67. The van der Waals surface area contributed by atoms with Crippen molar-refractivity contribution in [2.45, 2.75) is 24.8 Å². The quantitative estimate of drug-likeness (QED) is 0.335. The van der Waals surface area contributed by atoms with Gasteiger partial charge in [-0.25, -0.2) is 4.39 Å². The predicted molar refractivity (Wildman–Crippen MR) is 87.6 cm³/mol. The van der Waals surface area contributed by atoms with Crippen LogP contribution in [-0.2, 0) is 4.74 Å². The van der Waals surface area contributed by atoms with Gasteiger partial charge >= 0.3 is 0 Å². The standard InChI is InChI=1S/C15H24FN3OS/c1-4-17-15(19-12(2)11-20-3)18-9-10-21-14-8-6-5-7-13(14)16/h5-8,12H,4,9-11H2,1-3H3,(H2,17,18,19). The summed E-state index contributed by atoms with van der Waals surface area (Å²) in [6, 6.07) is 6.98. The highest BCUT2D eigenvalue weighted by atomic mass is 32.2. The van der Waals surface area contributed by atoms with Crippen LogP contribution in [0, 0.1) is 5.82 Å². The largest absolute Gasteiger partial charge is 0.383 e. The van der Waals surface area contributed by atoms with Crippen molar-refractivity contribution in [3.8, 4) is 0 Å². The highest BCUT2D eigenvalue weighted by Crippen LogP contribution is 2.20. The van der Waals surface area contributed by atoms with Gasteiger partial charge in [0, 0.05) is 30.3 Å². The van der Waals surface area contributed by atoms with Crippen LogP contribution in [0.4, 0.5) is 4.39 Å². The maximum atomic E-state index is 13.5. The molecule has 2 N–H and O–H groups in total. The van der Waals surface area contributed by atoms with Gasteiger partial charge in [0.2, 0.25) is 0 Å². The van der Waals surface area contributed by atoms with Crippen molar-refractivity contribution in [1.29, 1.82) is 0 Å². The van der Waals surface area contributed by atoms with Crippen molar-refractivity contribution in [1.82, 2.24) is 10.6 Å². The van der Waals surface area contributed by atoms with Crippen molar-refractivity contribution in [3.63, 3.8) is 0 Å². The van der Waals surface area contributed by atoms with E-state index in [1.807, 2.05) is 19.9 Å². The molecule has 1 atom stereocenters. The third kappa shape index (κ3) is 7.34. The van der Waals surface area contributed by atoms with Crippen molar-refractivity contribution in [3.05, 3.63) is 30.1 Å². The van der Waals surface area contributed by atoms with E-state index < -0.39 is 0 Å². The van der Waals surface area contributed by atoms with Crippen LogP contribution in [0.5, 0.6) is 0 Å². The number of thioether (sulfide) groups is 1. The minimum absolute atomic E-state index is 0.176. The maximum absolute atomic E-state index is 13.5. The van der Waals surface area contributed by atoms with Gasteiger partial charge in [-0.05, 0) is 26.0 Å². The van der Waals surface area contributed by atoms with Gasteiger partial charge < -0.3 is 15.4 Å². The predicted octanol–water partition coefficient (Wildman–Crippen LogP) is 2.51. The van der Waals surface area contributed by atoms with Crippen LogP contribution >= 0.6 is 11.8 Å². The van der Waals surface area contributed by atoms with Gasteiger partial charge in [-0.1, -0.05) is 12.1 Å². The average molecular weight is 313 g/mol.